The number of amides is 1. The predicted octanol–water partition coefficient (Wildman–Crippen LogP) is 5.38. The van der Waals surface area contributed by atoms with E-state index < -0.39 is 5.91 Å². The highest BCUT2D eigenvalue weighted by molar-refractivity contribution is 6.10. The molecule has 4 aromatic rings. The molecule has 1 aromatic heterocycles. The van der Waals surface area contributed by atoms with Crippen LogP contribution in [0.2, 0.25) is 0 Å². The average molecular weight is 425 g/mol. The summed E-state index contributed by atoms with van der Waals surface area (Å²) in [6.45, 7) is 0.332. The van der Waals surface area contributed by atoms with Crippen LogP contribution in [0.25, 0.3) is 17.0 Å². The summed E-state index contributed by atoms with van der Waals surface area (Å²) in [5.41, 5.74) is 2.63. The minimum absolute atomic E-state index is 0.0402. The zero-order valence-corrected chi connectivity index (χ0v) is 17.4. The van der Waals surface area contributed by atoms with Crippen molar-refractivity contribution < 1.29 is 13.9 Å². The van der Waals surface area contributed by atoms with Crippen LogP contribution < -0.4 is 10.1 Å². The third-order valence-corrected chi connectivity index (χ3v) is 5.11. The van der Waals surface area contributed by atoms with Crippen molar-refractivity contribution in [2.24, 2.45) is 0 Å². The molecule has 0 aliphatic carbocycles. The van der Waals surface area contributed by atoms with E-state index in [1.165, 1.54) is 6.07 Å². The van der Waals surface area contributed by atoms with Gasteiger partial charge < -0.3 is 14.6 Å². The van der Waals surface area contributed by atoms with Crippen LogP contribution >= 0.6 is 0 Å². The van der Waals surface area contributed by atoms with Crippen LogP contribution in [0.15, 0.2) is 84.6 Å². The van der Waals surface area contributed by atoms with Crippen molar-refractivity contribution in [2.45, 2.75) is 6.54 Å². The topological polar surface area (TPSA) is 67.0 Å². The molecule has 3 aromatic carbocycles. The van der Waals surface area contributed by atoms with Gasteiger partial charge in [-0.1, -0.05) is 42.5 Å². The fourth-order valence-corrected chi connectivity index (χ4v) is 3.53. The Kier molecular flexibility index (Phi) is 6.00. The number of anilines is 1. The van der Waals surface area contributed by atoms with E-state index >= 15 is 0 Å². The number of ether oxygens (including phenoxy) is 1. The van der Waals surface area contributed by atoms with Gasteiger partial charge in [0.15, 0.2) is 0 Å². The molecule has 1 N–H and O–H groups in total. The molecule has 1 amide bonds. The molecular weight excluding hydrogens is 405 g/mol. The van der Waals surface area contributed by atoms with Crippen molar-refractivity contribution in [3.05, 3.63) is 102 Å². The molecule has 0 bridgehead atoms. The quantitative estimate of drug-likeness (QED) is 0.333. The lowest BCUT2D eigenvalue weighted by Crippen LogP contribution is -2.13. The van der Waals surface area contributed by atoms with Crippen molar-refractivity contribution in [3.8, 4) is 11.8 Å². The van der Waals surface area contributed by atoms with Crippen molar-refractivity contribution >= 4 is 28.6 Å². The highest BCUT2D eigenvalue weighted by Gasteiger charge is 2.14. The number of rotatable bonds is 6. The molecule has 0 saturated carbocycles. The van der Waals surface area contributed by atoms with E-state index in [4.69, 9.17) is 4.74 Å². The molecule has 1 heterocycles. The number of halogens is 1. The molecule has 0 aliphatic heterocycles. The molecule has 0 unspecified atom stereocenters. The van der Waals surface area contributed by atoms with Gasteiger partial charge in [0, 0.05) is 40.0 Å². The van der Waals surface area contributed by atoms with Gasteiger partial charge in [0.1, 0.15) is 23.2 Å². The van der Waals surface area contributed by atoms with E-state index in [1.807, 2.05) is 41.1 Å². The number of aromatic nitrogens is 1. The second-order valence-corrected chi connectivity index (χ2v) is 7.18. The Labute approximate surface area is 185 Å². The standard InChI is InChI=1S/C26H20FN3O2/c1-32-22-9-6-8-21(14-22)29-26(31)19(15-28)13-20-17-30(25-12-5-3-10-23(20)25)16-18-7-2-4-11-24(18)27/h2-14,17H,16H2,1H3,(H,29,31). The first-order valence-electron chi connectivity index (χ1n) is 9.97. The van der Waals surface area contributed by atoms with E-state index in [0.717, 1.165) is 10.9 Å². The Balaban J connectivity index is 1.68. The van der Waals surface area contributed by atoms with E-state index in [9.17, 15) is 14.4 Å². The fraction of sp³-hybridized carbons (Fsp3) is 0.0769. The Morgan fingerprint density at radius 2 is 1.91 bits per heavy atom. The molecule has 4 rings (SSSR count). The van der Waals surface area contributed by atoms with E-state index in [1.54, 1.807) is 55.7 Å². The third-order valence-electron chi connectivity index (χ3n) is 5.11. The maximum Gasteiger partial charge on any atom is 0.266 e. The van der Waals surface area contributed by atoms with Gasteiger partial charge in [0.05, 0.1) is 13.7 Å². The minimum Gasteiger partial charge on any atom is -0.497 e. The Morgan fingerprint density at radius 1 is 1.12 bits per heavy atom. The van der Waals surface area contributed by atoms with E-state index in [0.29, 0.717) is 29.1 Å². The fourth-order valence-electron chi connectivity index (χ4n) is 3.53. The second kappa shape index (κ2) is 9.19. The van der Waals surface area contributed by atoms with Crippen molar-refractivity contribution in [3.63, 3.8) is 0 Å². The smallest absolute Gasteiger partial charge is 0.266 e. The van der Waals surface area contributed by atoms with Crippen molar-refractivity contribution in [1.82, 2.24) is 4.57 Å². The Hall–Kier alpha value is -4.37. The lowest BCUT2D eigenvalue weighted by atomic mass is 10.1. The summed E-state index contributed by atoms with van der Waals surface area (Å²) < 4.78 is 21.3. The van der Waals surface area contributed by atoms with Gasteiger partial charge in [-0.05, 0) is 30.3 Å². The maximum absolute atomic E-state index is 14.2. The van der Waals surface area contributed by atoms with Gasteiger partial charge in [-0.15, -0.1) is 0 Å². The zero-order valence-electron chi connectivity index (χ0n) is 17.4. The van der Waals surface area contributed by atoms with Crippen LogP contribution in [0.3, 0.4) is 0 Å². The normalized spacial score (nSPS) is 11.2. The number of hydrogen-bond donors (Lipinski definition) is 1. The zero-order chi connectivity index (χ0) is 22.5. The molecule has 158 valence electrons. The highest BCUT2D eigenvalue weighted by atomic mass is 19.1. The number of benzene rings is 3. The summed E-state index contributed by atoms with van der Waals surface area (Å²) in [5, 5.41) is 13.2. The van der Waals surface area contributed by atoms with Gasteiger partial charge in [-0.2, -0.15) is 5.26 Å². The number of para-hydroxylation sites is 1. The Bertz CT molecular complexity index is 1370. The number of nitrogens with one attached hydrogen (secondary N) is 1. The van der Waals surface area contributed by atoms with Gasteiger partial charge in [0.25, 0.3) is 5.91 Å². The summed E-state index contributed by atoms with van der Waals surface area (Å²) >= 11 is 0. The minimum atomic E-state index is -0.522. The molecule has 5 nitrogen and oxygen atoms in total. The Morgan fingerprint density at radius 3 is 2.69 bits per heavy atom. The van der Waals surface area contributed by atoms with Crippen LogP contribution in [-0.2, 0) is 11.3 Å². The summed E-state index contributed by atoms with van der Waals surface area (Å²) in [7, 11) is 1.54. The monoisotopic (exact) mass is 425 g/mol. The number of fused-ring (bicyclic) bond motifs is 1. The molecule has 6 heteroatoms. The maximum atomic E-state index is 14.2. The predicted molar refractivity (Wildman–Crippen MR) is 123 cm³/mol. The first kappa shape index (κ1) is 20.9. The van der Waals surface area contributed by atoms with Crippen molar-refractivity contribution in [1.29, 1.82) is 5.26 Å². The molecule has 0 fully saturated rings. The SMILES string of the molecule is COc1cccc(NC(=O)C(C#N)=Cc2cn(Cc3ccccc3F)c3ccccc23)c1. The number of carbonyl (C=O) groups is 1. The molecular formula is C26H20FN3O2. The first-order chi connectivity index (χ1) is 15.6. The third kappa shape index (κ3) is 4.37. The molecule has 0 atom stereocenters. The van der Waals surface area contributed by atoms with Crippen LogP contribution in [0, 0.1) is 17.1 Å². The molecule has 0 aliphatic rings. The number of nitrogens with zero attached hydrogens (tertiary/aromatic N) is 2. The van der Waals surface area contributed by atoms with Gasteiger partial charge >= 0.3 is 0 Å². The summed E-state index contributed by atoms with van der Waals surface area (Å²) in [5.74, 6) is -0.203. The molecule has 0 spiro atoms. The van der Waals surface area contributed by atoms with Gasteiger partial charge in [-0.25, -0.2) is 4.39 Å². The molecule has 0 radical (unpaired) electrons. The number of hydrogen-bond acceptors (Lipinski definition) is 3. The number of nitriles is 1. The summed E-state index contributed by atoms with van der Waals surface area (Å²) in [6, 6.07) is 23.1. The largest absolute Gasteiger partial charge is 0.497 e. The lowest BCUT2D eigenvalue weighted by Gasteiger charge is -2.06. The van der Waals surface area contributed by atoms with Gasteiger partial charge in [-0.3, -0.25) is 4.79 Å². The molecule has 0 saturated heterocycles. The summed E-state index contributed by atoms with van der Waals surface area (Å²) in [4.78, 5) is 12.7. The average Bonchev–Trinajstić information content (AvgIpc) is 3.16. The first-order valence-corrected chi connectivity index (χ1v) is 9.97. The van der Waals surface area contributed by atoms with Crippen LogP contribution in [0.5, 0.6) is 5.75 Å². The van der Waals surface area contributed by atoms with Crippen LogP contribution in [0.1, 0.15) is 11.1 Å². The molecule has 32 heavy (non-hydrogen) atoms. The summed E-state index contributed by atoms with van der Waals surface area (Å²) in [6.07, 6.45) is 3.38. The van der Waals surface area contributed by atoms with Crippen molar-refractivity contribution in [2.75, 3.05) is 12.4 Å². The lowest BCUT2D eigenvalue weighted by molar-refractivity contribution is -0.112. The van der Waals surface area contributed by atoms with E-state index in [-0.39, 0.29) is 11.4 Å². The second-order valence-electron chi connectivity index (χ2n) is 7.18. The van der Waals surface area contributed by atoms with Gasteiger partial charge in [0.2, 0.25) is 0 Å². The van der Waals surface area contributed by atoms with Crippen LogP contribution in [0.4, 0.5) is 10.1 Å². The van der Waals surface area contributed by atoms with Crippen LogP contribution in [-0.4, -0.2) is 17.6 Å². The number of methoxy groups -OCH3 is 1. The van der Waals surface area contributed by atoms with E-state index in [2.05, 4.69) is 5.32 Å². The number of carbonyl (C=O) groups excluding carboxylic acids is 1. The highest BCUT2D eigenvalue weighted by Crippen LogP contribution is 2.25.